The third-order valence-corrected chi connectivity index (χ3v) is 5.15. The van der Waals surface area contributed by atoms with Gasteiger partial charge in [0.05, 0.1) is 0 Å². The van der Waals surface area contributed by atoms with Crippen LogP contribution in [0.15, 0.2) is 22.6 Å². The highest BCUT2D eigenvalue weighted by atomic mass is 32.1. The van der Waals surface area contributed by atoms with Crippen LogP contribution in [0.3, 0.4) is 0 Å². The Hall–Kier alpha value is -1.73. The lowest BCUT2D eigenvalue weighted by Gasteiger charge is -2.25. The molecule has 1 aromatic heterocycles. The molecule has 3 heterocycles. The van der Waals surface area contributed by atoms with Crippen molar-refractivity contribution < 1.29 is 9.59 Å². The molecule has 0 spiro atoms. The zero-order valence-corrected chi connectivity index (χ0v) is 14.2. The molecule has 0 atom stereocenters. The fourth-order valence-electron chi connectivity index (χ4n) is 2.96. The van der Waals surface area contributed by atoms with Crippen molar-refractivity contribution in [3.8, 4) is 0 Å². The van der Waals surface area contributed by atoms with Crippen LogP contribution in [0.1, 0.15) is 24.1 Å². The van der Waals surface area contributed by atoms with Crippen LogP contribution in [0.5, 0.6) is 0 Å². The van der Waals surface area contributed by atoms with Crippen molar-refractivity contribution in [1.29, 1.82) is 0 Å². The summed E-state index contributed by atoms with van der Waals surface area (Å²) in [5.41, 5.74) is 0.513. The van der Waals surface area contributed by atoms with E-state index in [1.54, 1.807) is 18.4 Å². The third kappa shape index (κ3) is 3.97. The van der Waals surface area contributed by atoms with E-state index in [-0.39, 0.29) is 11.8 Å². The molecule has 0 saturated carbocycles. The van der Waals surface area contributed by atoms with Gasteiger partial charge in [0, 0.05) is 57.5 Å². The predicted molar refractivity (Wildman–Crippen MR) is 90.2 cm³/mol. The van der Waals surface area contributed by atoms with Crippen molar-refractivity contribution >= 4 is 28.9 Å². The first-order valence-corrected chi connectivity index (χ1v) is 8.89. The van der Waals surface area contributed by atoms with Gasteiger partial charge in [-0.25, -0.2) is 5.01 Å². The van der Waals surface area contributed by atoms with Gasteiger partial charge in [-0.2, -0.15) is 5.10 Å². The van der Waals surface area contributed by atoms with Crippen LogP contribution in [-0.2, 0) is 16.1 Å². The molecular formula is C16H22N4O2S. The van der Waals surface area contributed by atoms with Crippen LogP contribution < -0.4 is 0 Å². The number of rotatable bonds is 3. The van der Waals surface area contributed by atoms with Crippen LogP contribution >= 0.6 is 11.3 Å². The molecule has 0 radical (unpaired) electrons. The van der Waals surface area contributed by atoms with E-state index in [2.05, 4.69) is 27.5 Å². The van der Waals surface area contributed by atoms with Gasteiger partial charge in [0.1, 0.15) is 5.71 Å². The van der Waals surface area contributed by atoms with Gasteiger partial charge >= 0.3 is 0 Å². The zero-order chi connectivity index (χ0) is 16.2. The van der Waals surface area contributed by atoms with Gasteiger partial charge < -0.3 is 4.90 Å². The molecular weight excluding hydrogens is 312 g/mol. The molecule has 7 heteroatoms. The second-order valence-electron chi connectivity index (χ2n) is 5.97. The van der Waals surface area contributed by atoms with Gasteiger partial charge in [0.2, 0.25) is 5.91 Å². The lowest BCUT2D eigenvalue weighted by atomic mass is 10.1. The predicted octanol–water partition coefficient (Wildman–Crippen LogP) is 1.39. The lowest BCUT2D eigenvalue weighted by molar-refractivity contribution is -0.130. The molecule has 1 aromatic rings. The molecule has 0 aromatic carbocycles. The summed E-state index contributed by atoms with van der Waals surface area (Å²) in [6.45, 7) is 4.33. The number of hydrazone groups is 1. The highest BCUT2D eigenvalue weighted by molar-refractivity contribution is 7.09. The summed E-state index contributed by atoms with van der Waals surface area (Å²) in [7, 11) is 1.61. The Bertz CT molecular complexity index is 599. The van der Waals surface area contributed by atoms with Crippen LogP contribution in [0.25, 0.3) is 0 Å². The van der Waals surface area contributed by atoms with Gasteiger partial charge in [0.15, 0.2) is 0 Å². The van der Waals surface area contributed by atoms with Crippen LogP contribution in [-0.4, -0.2) is 65.6 Å². The highest BCUT2D eigenvalue weighted by Crippen LogP contribution is 2.15. The summed E-state index contributed by atoms with van der Waals surface area (Å²) >= 11 is 1.77. The van der Waals surface area contributed by atoms with Crippen LogP contribution in [0.4, 0.5) is 0 Å². The second-order valence-corrected chi connectivity index (χ2v) is 7.00. The first kappa shape index (κ1) is 16.1. The average molecular weight is 334 g/mol. The van der Waals surface area contributed by atoms with Gasteiger partial charge in [0.25, 0.3) is 5.91 Å². The molecule has 0 aliphatic carbocycles. The molecule has 23 heavy (non-hydrogen) atoms. The average Bonchev–Trinajstić information content (AvgIpc) is 2.94. The molecule has 1 fully saturated rings. The Balaban J connectivity index is 1.58. The van der Waals surface area contributed by atoms with Crippen molar-refractivity contribution in [2.45, 2.75) is 25.8 Å². The third-order valence-electron chi connectivity index (χ3n) is 4.29. The molecule has 0 N–H and O–H groups in total. The second kappa shape index (κ2) is 7.23. The van der Waals surface area contributed by atoms with E-state index >= 15 is 0 Å². The molecule has 2 aliphatic rings. The van der Waals surface area contributed by atoms with E-state index in [1.165, 1.54) is 9.89 Å². The fraction of sp³-hybridized carbons (Fsp3) is 0.562. The van der Waals surface area contributed by atoms with Crippen LogP contribution in [0.2, 0.25) is 0 Å². The molecule has 2 aliphatic heterocycles. The normalized spacial score (nSPS) is 20.4. The monoisotopic (exact) mass is 334 g/mol. The van der Waals surface area contributed by atoms with Gasteiger partial charge in [-0.05, 0) is 17.9 Å². The number of carbonyl (C=O) groups excluding carboxylic acids is 2. The topological polar surface area (TPSA) is 56.2 Å². The summed E-state index contributed by atoms with van der Waals surface area (Å²) < 4.78 is 0. The molecule has 2 amide bonds. The van der Waals surface area contributed by atoms with Gasteiger partial charge in [-0.1, -0.05) is 6.07 Å². The van der Waals surface area contributed by atoms with E-state index < -0.39 is 0 Å². The molecule has 6 nitrogen and oxygen atoms in total. The summed E-state index contributed by atoms with van der Waals surface area (Å²) in [6, 6.07) is 4.23. The van der Waals surface area contributed by atoms with Gasteiger partial charge in [-0.3, -0.25) is 14.5 Å². The SMILES string of the molecule is CN1N=C(C(=O)N2CCCN(Cc3cccs3)CC2)CCC1=O. The maximum absolute atomic E-state index is 12.6. The van der Waals surface area contributed by atoms with E-state index in [1.807, 2.05) is 4.90 Å². The minimum Gasteiger partial charge on any atom is -0.336 e. The molecule has 124 valence electrons. The lowest BCUT2D eigenvalue weighted by Crippen LogP contribution is -2.42. The summed E-state index contributed by atoms with van der Waals surface area (Å²) in [5, 5.41) is 7.53. The van der Waals surface area contributed by atoms with Crippen molar-refractivity contribution in [1.82, 2.24) is 14.8 Å². The Morgan fingerprint density at radius 1 is 1.26 bits per heavy atom. The Labute approximate surface area is 140 Å². The fourth-order valence-corrected chi connectivity index (χ4v) is 3.71. The minimum absolute atomic E-state index is 0.0117. The summed E-state index contributed by atoms with van der Waals surface area (Å²) in [5.74, 6) is -0.0399. The standard InChI is InChI=1S/C16H22N4O2S/c1-18-15(21)6-5-14(17-18)16(22)20-8-3-7-19(9-10-20)12-13-4-2-11-23-13/h2,4,11H,3,5-10,12H2,1H3. The Morgan fingerprint density at radius 2 is 2.13 bits per heavy atom. The largest absolute Gasteiger partial charge is 0.336 e. The van der Waals surface area contributed by atoms with Crippen molar-refractivity contribution in [3.63, 3.8) is 0 Å². The van der Waals surface area contributed by atoms with Crippen molar-refractivity contribution in [2.75, 3.05) is 33.2 Å². The number of hydrogen-bond acceptors (Lipinski definition) is 5. The number of amides is 2. The number of thiophene rings is 1. The number of hydrogen-bond donors (Lipinski definition) is 0. The van der Waals surface area contributed by atoms with E-state index in [4.69, 9.17) is 0 Å². The number of carbonyl (C=O) groups is 2. The Kier molecular flexibility index (Phi) is 5.07. The minimum atomic E-state index is -0.0282. The van der Waals surface area contributed by atoms with E-state index in [0.717, 1.165) is 39.1 Å². The summed E-state index contributed by atoms with van der Waals surface area (Å²) in [6.07, 6.45) is 1.80. The molecule has 3 rings (SSSR count). The molecule has 1 saturated heterocycles. The van der Waals surface area contributed by atoms with Crippen molar-refractivity contribution in [2.24, 2.45) is 5.10 Å². The van der Waals surface area contributed by atoms with E-state index in [9.17, 15) is 9.59 Å². The molecule has 0 bridgehead atoms. The quantitative estimate of drug-likeness (QED) is 0.839. The maximum Gasteiger partial charge on any atom is 0.270 e. The van der Waals surface area contributed by atoms with E-state index in [0.29, 0.717) is 18.6 Å². The highest BCUT2D eigenvalue weighted by Gasteiger charge is 2.27. The van der Waals surface area contributed by atoms with Crippen LogP contribution in [0, 0.1) is 0 Å². The first-order valence-electron chi connectivity index (χ1n) is 8.01. The van der Waals surface area contributed by atoms with Gasteiger partial charge in [-0.15, -0.1) is 11.3 Å². The summed E-state index contributed by atoms with van der Waals surface area (Å²) in [4.78, 5) is 29.7. The zero-order valence-electron chi connectivity index (χ0n) is 13.4. The first-order chi connectivity index (χ1) is 11.1. The number of nitrogens with zero attached hydrogens (tertiary/aromatic N) is 4. The van der Waals surface area contributed by atoms with Crippen molar-refractivity contribution in [3.05, 3.63) is 22.4 Å². The molecule has 0 unspecified atom stereocenters. The smallest absolute Gasteiger partial charge is 0.270 e. The maximum atomic E-state index is 12.6. The Morgan fingerprint density at radius 3 is 2.87 bits per heavy atom.